The van der Waals surface area contributed by atoms with Gasteiger partial charge in [0.25, 0.3) is 5.91 Å². The van der Waals surface area contributed by atoms with E-state index in [0.29, 0.717) is 0 Å². The molecule has 3 heterocycles. The van der Waals surface area contributed by atoms with Crippen molar-refractivity contribution in [3.05, 3.63) is 24.5 Å². The van der Waals surface area contributed by atoms with Crippen LogP contribution in [-0.4, -0.2) is 53.7 Å². The highest BCUT2D eigenvalue weighted by Gasteiger charge is 2.48. The number of pyridine rings is 1. The number of carbonyl (C=O) groups is 1. The van der Waals surface area contributed by atoms with Gasteiger partial charge in [-0.25, -0.2) is 0 Å². The quantitative estimate of drug-likeness (QED) is 0.857. The van der Waals surface area contributed by atoms with Crippen LogP contribution in [0, 0.1) is 5.92 Å². The Kier molecular flexibility index (Phi) is 3.85. The zero-order valence-electron chi connectivity index (χ0n) is 13.8. The second-order valence-electron chi connectivity index (χ2n) is 7.25. The smallest absolute Gasteiger partial charge is 0.253 e. The Morgan fingerprint density at radius 3 is 2.78 bits per heavy atom. The third-order valence-corrected chi connectivity index (χ3v) is 5.74. The molecule has 1 aromatic rings. The fourth-order valence-corrected chi connectivity index (χ4v) is 4.05. The van der Waals surface area contributed by atoms with E-state index in [-0.39, 0.29) is 24.2 Å². The summed E-state index contributed by atoms with van der Waals surface area (Å²) in [5.41, 5.74) is 0.678. The van der Waals surface area contributed by atoms with Crippen molar-refractivity contribution < 1.29 is 9.53 Å². The van der Waals surface area contributed by atoms with Gasteiger partial charge in [0.15, 0.2) is 0 Å². The van der Waals surface area contributed by atoms with E-state index in [2.05, 4.69) is 16.8 Å². The highest BCUT2D eigenvalue weighted by atomic mass is 16.5. The van der Waals surface area contributed by atoms with Gasteiger partial charge in [0.2, 0.25) is 0 Å². The standard InChI is InChI=1S/C18H25N3O2/c1-14-18(6-9-20(10-7-18)12-15-4-5-15)23-13-17(22)21(14)16-3-2-8-19-11-16/h2-3,8,11,14-15H,4-7,9-10,12-13H2,1H3/t14-/m0/s1. The number of piperidine rings is 1. The van der Waals surface area contributed by atoms with Crippen LogP contribution in [0.15, 0.2) is 24.5 Å². The Balaban J connectivity index is 1.50. The summed E-state index contributed by atoms with van der Waals surface area (Å²) in [5.74, 6) is 0.971. The van der Waals surface area contributed by atoms with E-state index in [4.69, 9.17) is 4.74 Å². The van der Waals surface area contributed by atoms with Crippen molar-refractivity contribution in [2.75, 3.05) is 31.1 Å². The molecular formula is C18H25N3O2. The van der Waals surface area contributed by atoms with E-state index >= 15 is 0 Å². The van der Waals surface area contributed by atoms with Gasteiger partial charge in [-0.1, -0.05) is 0 Å². The molecule has 23 heavy (non-hydrogen) atoms. The number of morpholine rings is 1. The topological polar surface area (TPSA) is 45.7 Å². The fraction of sp³-hybridized carbons (Fsp3) is 0.667. The second-order valence-corrected chi connectivity index (χ2v) is 7.25. The van der Waals surface area contributed by atoms with Crippen LogP contribution in [0.4, 0.5) is 5.69 Å². The van der Waals surface area contributed by atoms with Crippen molar-refractivity contribution in [2.24, 2.45) is 5.92 Å². The largest absolute Gasteiger partial charge is 0.363 e. The first-order valence-corrected chi connectivity index (χ1v) is 8.76. The number of nitrogens with zero attached hydrogens (tertiary/aromatic N) is 3. The van der Waals surface area contributed by atoms with Crippen LogP contribution in [0.25, 0.3) is 0 Å². The van der Waals surface area contributed by atoms with Gasteiger partial charge in [-0.15, -0.1) is 0 Å². The molecule has 2 saturated heterocycles. The highest BCUT2D eigenvalue weighted by molar-refractivity contribution is 5.95. The molecule has 1 atom stereocenters. The van der Waals surface area contributed by atoms with Crippen LogP contribution < -0.4 is 4.90 Å². The van der Waals surface area contributed by atoms with Gasteiger partial charge in [-0.2, -0.15) is 0 Å². The molecule has 1 spiro atoms. The van der Waals surface area contributed by atoms with Crippen molar-refractivity contribution >= 4 is 11.6 Å². The first-order valence-electron chi connectivity index (χ1n) is 8.76. The first kappa shape index (κ1) is 15.1. The van der Waals surface area contributed by atoms with E-state index in [1.54, 1.807) is 12.4 Å². The van der Waals surface area contributed by atoms with Gasteiger partial charge in [0.1, 0.15) is 6.61 Å². The van der Waals surface area contributed by atoms with Crippen molar-refractivity contribution in [3.8, 4) is 0 Å². The number of amides is 1. The Hall–Kier alpha value is -1.46. The molecular weight excluding hydrogens is 290 g/mol. The van der Waals surface area contributed by atoms with Gasteiger partial charge in [0.05, 0.1) is 23.5 Å². The number of rotatable bonds is 3. The molecule has 2 aliphatic heterocycles. The number of hydrogen-bond acceptors (Lipinski definition) is 4. The molecule has 1 aliphatic carbocycles. The van der Waals surface area contributed by atoms with Gasteiger partial charge < -0.3 is 14.5 Å². The summed E-state index contributed by atoms with van der Waals surface area (Å²) < 4.78 is 6.11. The fourth-order valence-electron chi connectivity index (χ4n) is 4.05. The molecule has 0 aromatic carbocycles. The van der Waals surface area contributed by atoms with Crippen LogP contribution in [0.2, 0.25) is 0 Å². The van der Waals surface area contributed by atoms with Crippen LogP contribution in [0.1, 0.15) is 32.6 Å². The van der Waals surface area contributed by atoms with Gasteiger partial charge in [0, 0.05) is 25.8 Å². The van der Waals surface area contributed by atoms with Crippen molar-refractivity contribution in [1.29, 1.82) is 0 Å². The van der Waals surface area contributed by atoms with E-state index in [1.807, 2.05) is 17.0 Å². The Morgan fingerprint density at radius 2 is 2.13 bits per heavy atom. The van der Waals surface area contributed by atoms with Crippen molar-refractivity contribution in [1.82, 2.24) is 9.88 Å². The average Bonchev–Trinajstić information content (AvgIpc) is 3.39. The Morgan fingerprint density at radius 1 is 1.35 bits per heavy atom. The maximum Gasteiger partial charge on any atom is 0.253 e. The van der Waals surface area contributed by atoms with Gasteiger partial charge >= 0.3 is 0 Å². The van der Waals surface area contributed by atoms with E-state index in [1.165, 1.54) is 19.4 Å². The summed E-state index contributed by atoms with van der Waals surface area (Å²) in [5, 5.41) is 0. The molecule has 0 N–H and O–H groups in total. The molecule has 4 rings (SSSR count). The normalized spacial score (nSPS) is 28.3. The summed E-state index contributed by atoms with van der Waals surface area (Å²) in [6.45, 7) is 5.71. The Bertz CT molecular complexity index is 565. The zero-order chi connectivity index (χ0) is 15.9. The number of carbonyl (C=O) groups excluding carboxylic acids is 1. The van der Waals surface area contributed by atoms with Crippen LogP contribution in [-0.2, 0) is 9.53 Å². The van der Waals surface area contributed by atoms with E-state index in [0.717, 1.165) is 37.5 Å². The van der Waals surface area contributed by atoms with Crippen molar-refractivity contribution in [3.63, 3.8) is 0 Å². The van der Waals surface area contributed by atoms with Crippen LogP contribution in [0.5, 0.6) is 0 Å². The number of anilines is 1. The predicted octanol–water partition coefficient (Wildman–Crippen LogP) is 2.08. The monoisotopic (exact) mass is 315 g/mol. The summed E-state index contributed by atoms with van der Waals surface area (Å²) in [6, 6.07) is 3.90. The van der Waals surface area contributed by atoms with Crippen LogP contribution in [0.3, 0.4) is 0 Å². The molecule has 3 fully saturated rings. The lowest BCUT2D eigenvalue weighted by Crippen LogP contribution is -2.64. The molecule has 0 bridgehead atoms. The molecule has 1 amide bonds. The summed E-state index contributed by atoms with van der Waals surface area (Å²) >= 11 is 0. The minimum atomic E-state index is -0.205. The minimum absolute atomic E-state index is 0.0385. The number of aromatic nitrogens is 1. The van der Waals surface area contributed by atoms with E-state index < -0.39 is 0 Å². The first-order chi connectivity index (χ1) is 11.2. The number of likely N-dealkylation sites (tertiary alicyclic amines) is 1. The maximum absolute atomic E-state index is 12.4. The lowest BCUT2D eigenvalue weighted by molar-refractivity contribution is -0.152. The highest BCUT2D eigenvalue weighted by Crippen LogP contribution is 2.39. The molecule has 3 aliphatic rings. The molecule has 5 heteroatoms. The Labute approximate surface area is 137 Å². The molecule has 0 radical (unpaired) electrons. The summed E-state index contributed by atoms with van der Waals surface area (Å²) in [7, 11) is 0. The maximum atomic E-state index is 12.4. The number of ether oxygens (including phenoxy) is 1. The average molecular weight is 315 g/mol. The minimum Gasteiger partial charge on any atom is -0.363 e. The lowest BCUT2D eigenvalue weighted by atomic mass is 9.82. The molecule has 124 valence electrons. The predicted molar refractivity (Wildman–Crippen MR) is 88.3 cm³/mol. The SMILES string of the molecule is C[C@@H]1N(c2cccnc2)C(=O)COC12CCN(CC1CC1)CC2. The van der Waals surface area contributed by atoms with Gasteiger partial charge in [-0.3, -0.25) is 9.78 Å². The molecule has 1 aromatic heterocycles. The van der Waals surface area contributed by atoms with Crippen molar-refractivity contribution in [2.45, 2.75) is 44.2 Å². The third-order valence-electron chi connectivity index (χ3n) is 5.74. The second kappa shape index (κ2) is 5.87. The lowest BCUT2D eigenvalue weighted by Gasteiger charge is -2.51. The third kappa shape index (κ3) is 2.88. The van der Waals surface area contributed by atoms with E-state index in [9.17, 15) is 4.79 Å². The number of hydrogen-bond donors (Lipinski definition) is 0. The summed E-state index contributed by atoms with van der Waals surface area (Å²) in [6.07, 6.45) is 8.33. The molecule has 5 nitrogen and oxygen atoms in total. The summed E-state index contributed by atoms with van der Waals surface area (Å²) in [4.78, 5) is 21.1. The van der Waals surface area contributed by atoms with Crippen LogP contribution >= 0.6 is 0 Å². The molecule has 0 unspecified atom stereocenters. The molecule has 1 saturated carbocycles. The van der Waals surface area contributed by atoms with Gasteiger partial charge in [-0.05, 0) is 50.7 Å². The zero-order valence-corrected chi connectivity index (χ0v) is 13.8.